The van der Waals surface area contributed by atoms with E-state index < -0.39 is 0 Å². The first-order chi connectivity index (χ1) is 8.70. The predicted octanol–water partition coefficient (Wildman–Crippen LogP) is 4.52. The van der Waals surface area contributed by atoms with E-state index in [9.17, 15) is 4.79 Å². The minimum Gasteiger partial charge on any atom is -0.334 e. The van der Waals surface area contributed by atoms with Crippen molar-refractivity contribution in [3.63, 3.8) is 0 Å². The van der Waals surface area contributed by atoms with Crippen molar-refractivity contribution in [2.75, 3.05) is 6.54 Å². The van der Waals surface area contributed by atoms with Gasteiger partial charge in [-0.3, -0.25) is 4.79 Å². The molecule has 0 saturated carbocycles. The summed E-state index contributed by atoms with van der Waals surface area (Å²) in [5.41, 5.74) is 1.18. The van der Waals surface area contributed by atoms with Gasteiger partial charge in [-0.2, -0.15) is 11.3 Å². The molecule has 0 fully saturated rings. The van der Waals surface area contributed by atoms with E-state index in [-0.39, 0.29) is 5.91 Å². The molecule has 0 spiro atoms. The maximum Gasteiger partial charge on any atom is 0.264 e. The molecule has 0 aromatic carbocycles. The second-order valence-corrected chi connectivity index (χ2v) is 6.46. The fourth-order valence-corrected chi connectivity index (χ4v) is 3.38. The highest BCUT2D eigenvalue weighted by Gasteiger charge is 2.17. The van der Waals surface area contributed by atoms with Crippen LogP contribution in [-0.4, -0.2) is 17.4 Å². The molecule has 2 aromatic rings. The summed E-state index contributed by atoms with van der Waals surface area (Å²) in [5.74, 6) is 0.0694. The predicted molar refractivity (Wildman–Crippen MR) is 78.7 cm³/mol. The Hall–Kier alpha value is -0.840. The number of rotatable bonds is 5. The number of carbonyl (C=O) groups excluding carboxylic acids is 1. The molecule has 0 bridgehead atoms. The Morgan fingerprint density at radius 2 is 2.22 bits per heavy atom. The molecule has 0 saturated heterocycles. The third-order valence-electron chi connectivity index (χ3n) is 2.52. The van der Waals surface area contributed by atoms with Crippen molar-refractivity contribution in [3.05, 3.63) is 43.7 Å². The summed E-state index contributed by atoms with van der Waals surface area (Å²) in [4.78, 5) is 14.9. The SMILES string of the molecule is CCCN(Cc1ccsc1)C(=O)c1ccc(Cl)s1. The molecule has 2 rings (SSSR count). The normalized spacial score (nSPS) is 10.6. The van der Waals surface area contributed by atoms with Gasteiger partial charge in [-0.15, -0.1) is 11.3 Å². The number of thiophene rings is 2. The molecule has 0 atom stereocenters. The lowest BCUT2D eigenvalue weighted by molar-refractivity contribution is 0.0748. The van der Waals surface area contributed by atoms with E-state index in [1.165, 1.54) is 16.9 Å². The van der Waals surface area contributed by atoms with E-state index in [1.807, 2.05) is 10.3 Å². The lowest BCUT2D eigenvalue weighted by atomic mass is 10.2. The van der Waals surface area contributed by atoms with Gasteiger partial charge in [0, 0.05) is 13.1 Å². The fourth-order valence-electron chi connectivity index (χ4n) is 1.71. The molecule has 2 aromatic heterocycles. The molecule has 2 nitrogen and oxygen atoms in total. The standard InChI is InChI=1S/C13H14ClNOS2/c1-2-6-15(8-10-5-7-17-9-10)13(16)11-3-4-12(14)18-11/h3-5,7,9H,2,6,8H2,1H3. The third-order valence-corrected chi connectivity index (χ3v) is 4.47. The van der Waals surface area contributed by atoms with Gasteiger partial charge in [0.25, 0.3) is 5.91 Å². The number of hydrogen-bond acceptors (Lipinski definition) is 3. The quantitative estimate of drug-likeness (QED) is 0.795. The molecule has 18 heavy (non-hydrogen) atoms. The molecule has 2 heterocycles. The minimum atomic E-state index is 0.0694. The highest BCUT2D eigenvalue weighted by Crippen LogP contribution is 2.23. The zero-order valence-corrected chi connectivity index (χ0v) is 12.4. The Balaban J connectivity index is 2.11. The van der Waals surface area contributed by atoms with E-state index in [0.29, 0.717) is 15.8 Å². The Bertz CT molecular complexity index is 507. The van der Waals surface area contributed by atoms with Crippen molar-refractivity contribution in [3.8, 4) is 0 Å². The van der Waals surface area contributed by atoms with E-state index in [2.05, 4.69) is 18.4 Å². The summed E-state index contributed by atoms with van der Waals surface area (Å²) in [6, 6.07) is 5.63. The summed E-state index contributed by atoms with van der Waals surface area (Å²) >= 11 is 8.87. The van der Waals surface area contributed by atoms with Gasteiger partial charge in [0.05, 0.1) is 9.21 Å². The van der Waals surface area contributed by atoms with Gasteiger partial charge >= 0.3 is 0 Å². The average Bonchev–Trinajstić information content (AvgIpc) is 2.99. The first-order valence-corrected chi connectivity index (χ1v) is 7.90. The van der Waals surface area contributed by atoms with Crippen LogP contribution in [0, 0.1) is 0 Å². The number of amides is 1. The Morgan fingerprint density at radius 3 is 2.78 bits per heavy atom. The monoisotopic (exact) mass is 299 g/mol. The van der Waals surface area contributed by atoms with Gasteiger partial charge in [0.2, 0.25) is 0 Å². The van der Waals surface area contributed by atoms with Crippen LogP contribution in [0.25, 0.3) is 0 Å². The lowest BCUT2D eigenvalue weighted by Gasteiger charge is -2.20. The first-order valence-electron chi connectivity index (χ1n) is 5.76. The van der Waals surface area contributed by atoms with Crippen LogP contribution < -0.4 is 0 Å². The van der Waals surface area contributed by atoms with Gasteiger partial charge in [0.1, 0.15) is 0 Å². The van der Waals surface area contributed by atoms with Crippen LogP contribution in [0.15, 0.2) is 29.0 Å². The Labute approximate surface area is 120 Å². The van der Waals surface area contributed by atoms with E-state index >= 15 is 0 Å². The number of carbonyl (C=O) groups is 1. The van der Waals surface area contributed by atoms with Crippen LogP contribution in [0.4, 0.5) is 0 Å². The number of nitrogens with zero attached hydrogens (tertiary/aromatic N) is 1. The zero-order valence-electron chi connectivity index (χ0n) is 10.1. The van der Waals surface area contributed by atoms with Crippen LogP contribution in [0.5, 0.6) is 0 Å². The summed E-state index contributed by atoms with van der Waals surface area (Å²) in [6.07, 6.45) is 0.953. The summed E-state index contributed by atoms with van der Waals surface area (Å²) in [5, 5.41) is 4.11. The lowest BCUT2D eigenvalue weighted by Crippen LogP contribution is -2.30. The summed E-state index contributed by atoms with van der Waals surface area (Å²) in [6.45, 7) is 3.52. The second kappa shape index (κ2) is 6.36. The van der Waals surface area contributed by atoms with Gasteiger partial charge in [-0.25, -0.2) is 0 Å². The molecule has 96 valence electrons. The number of halogens is 1. The highest BCUT2D eigenvalue weighted by atomic mass is 35.5. The minimum absolute atomic E-state index is 0.0694. The van der Waals surface area contributed by atoms with Crippen LogP contribution in [0.2, 0.25) is 4.34 Å². The second-order valence-electron chi connectivity index (χ2n) is 3.96. The molecular weight excluding hydrogens is 286 g/mol. The van der Waals surface area contributed by atoms with Crippen LogP contribution in [0.1, 0.15) is 28.6 Å². The van der Waals surface area contributed by atoms with Crippen LogP contribution in [-0.2, 0) is 6.54 Å². The highest BCUT2D eigenvalue weighted by molar-refractivity contribution is 7.18. The largest absolute Gasteiger partial charge is 0.334 e. The molecule has 0 aliphatic rings. The maximum absolute atomic E-state index is 12.4. The van der Waals surface area contributed by atoms with E-state index in [1.54, 1.807) is 23.5 Å². The van der Waals surface area contributed by atoms with E-state index in [0.717, 1.165) is 13.0 Å². The topological polar surface area (TPSA) is 20.3 Å². The van der Waals surface area contributed by atoms with Crippen molar-refractivity contribution in [2.24, 2.45) is 0 Å². The Morgan fingerprint density at radius 1 is 1.39 bits per heavy atom. The Kier molecular flexibility index (Phi) is 4.80. The maximum atomic E-state index is 12.4. The van der Waals surface area contributed by atoms with E-state index in [4.69, 9.17) is 11.6 Å². The molecule has 0 radical (unpaired) electrons. The molecular formula is C13H14ClNOS2. The van der Waals surface area contributed by atoms with Gasteiger partial charge in [0.15, 0.2) is 0 Å². The smallest absolute Gasteiger partial charge is 0.264 e. The summed E-state index contributed by atoms with van der Waals surface area (Å²) < 4.78 is 0.658. The fraction of sp³-hybridized carbons (Fsp3) is 0.308. The third kappa shape index (κ3) is 3.34. The average molecular weight is 300 g/mol. The van der Waals surface area contributed by atoms with Crippen molar-refractivity contribution >= 4 is 40.2 Å². The number of hydrogen-bond donors (Lipinski definition) is 0. The molecule has 0 unspecified atom stereocenters. The summed E-state index contributed by atoms with van der Waals surface area (Å²) in [7, 11) is 0. The van der Waals surface area contributed by atoms with Crippen LogP contribution in [0.3, 0.4) is 0 Å². The molecule has 1 amide bonds. The molecule has 0 N–H and O–H groups in total. The van der Waals surface area contributed by atoms with Gasteiger partial charge < -0.3 is 4.90 Å². The molecule has 0 aliphatic carbocycles. The van der Waals surface area contributed by atoms with Crippen molar-refractivity contribution in [2.45, 2.75) is 19.9 Å². The van der Waals surface area contributed by atoms with Crippen molar-refractivity contribution in [1.82, 2.24) is 4.90 Å². The van der Waals surface area contributed by atoms with Crippen molar-refractivity contribution < 1.29 is 4.79 Å². The molecule has 0 aliphatic heterocycles. The van der Waals surface area contributed by atoms with Crippen molar-refractivity contribution in [1.29, 1.82) is 0 Å². The molecule has 5 heteroatoms. The van der Waals surface area contributed by atoms with Gasteiger partial charge in [-0.1, -0.05) is 18.5 Å². The zero-order chi connectivity index (χ0) is 13.0. The van der Waals surface area contributed by atoms with Gasteiger partial charge in [-0.05, 0) is 40.9 Å². The van der Waals surface area contributed by atoms with Crippen LogP contribution >= 0.6 is 34.3 Å². The first kappa shape index (κ1) is 13.6.